The Bertz CT molecular complexity index is 488. The maximum atomic E-state index is 12.4. The standard InChI is InChI=1S/C18H38N2O4Si2/c1-17(2,3)25(7,8)23-11-13-15(21)20-14(16(22)19-13)12-24-26(9,10)18(4,5)6/h13-14H,11-12H2,1-10H3,(H,19,22)(H,20,21). The van der Waals surface area contributed by atoms with E-state index in [0.29, 0.717) is 0 Å². The van der Waals surface area contributed by atoms with Crippen LogP contribution in [-0.4, -0.2) is 53.7 Å². The second-order valence-corrected chi connectivity index (χ2v) is 19.9. The maximum Gasteiger partial charge on any atom is 0.245 e. The third-order valence-corrected chi connectivity index (χ3v) is 15.1. The average Bonchev–Trinajstić information content (AvgIpc) is 2.44. The summed E-state index contributed by atoms with van der Waals surface area (Å²) in [5.74, 6) is -0.403. The third kappa shape index (κ3) is 5.64. The topological polar surface area (TPSA) is 76.7 Å². The highest BCUT2D eigenvalue weighted by atomic mass is 28.4. The summed E-state index contributed by atoms with van der Waals surface area (Å²) < 4.78 is 12.2. The summed E-state index contributed by atoms with van der Waals surface area (Å²) >= 11 is 0. The van der Waals surface area contributed by atoms with Crippen LogP contribution in [0.3, 0.4) is 0 Å². The minimum Gasteiger partial charge on any atom is -0.414 e. The molecule has 0 saturated carbocycles. The van der Waals surface area contributed by atoms with Crippen molar-refractivity contribution in [2.24, 2.45) is 0 Å². The third-order valence-electron chi connectivity index (χ3n) is 6.10. The molecule has 8 heteroatoms. The van der Waals surface area contributed by atoms with Gasteiger partial charge < -0.3 is 19.5 Å². The van der Waals surface area contributed by atoms with Gasteiger partial charge in [0.05, 0.1) is 13.2 Å². The maximum absolute atomic E-state index is 12.4. The van der Waals surface area contributed by atoms with Gasteiger partial charge in [-0.05, 0) is 36.3 Å². The van der Waals surface area contributed by atoms with E-state index in [0.717, 1.165) is 0 Å². The molecule has 0 radical (unpaired) electrons. The molecular weight excluding hydrogens is 364 g/mol. The van der Waals surface area contributed by atoms with Gasteiger partial charge in [-0.15, -0.1) is 0 Å². The van der Waals surface area contributed by atoms with Crippen LogP contribution in [0, 0.1) is 0 Å². The molecule has 0 aliphatic carbocycles. The van der Waals surface area contributed by atoms with Crippen molar-refractivity contribution in [2.75, 3.05) is 13.2 Å². The van der Waals surface area contributed by atoms with Crippen LogP contribution in [0.5, 0.6) is 0 Å². The van der Waals surface area contributed by atoms with Gasteiger partial charge in [0.1, 0.15) is 12.1 Å². The Hall–Kier alpha value is -0.706. The molecule has 0 spiro atoms. The lowest BCUT2D eigenvalue weighted by Crippen LogP contribution is -2.65. The molecule has 0 aromatic carbocycles. The van der Waals surface area contributed by atoms with E-state index in [2.05, 4.69) is 78.4 Å². The number of nitrogens with one attached hydrogen (secondary N) is 2. The van der Waals surface area contributed by atoms with Crippen LogP contribution in [0.25, 0.3) is 0 Å². The lowest BCUT2D eigenvalue weighted by molar-refractivity contribution is -0.138. The van der Waals surface area contributed by atoms with Gasteiger partial charge in [-0.25, -0.2) is 0 Å². The van der Waals surface area contributed by atoms with Gasteiger partial charge in [0.15, 0.2) is 16.6 Å². The van der Waals surface area contributed by atoms with Crippen LogP contribution in [0.1, 0.15) is 41.5 Å². The summed E-state index contributed by atoms with van der Waals surface area (Å²) in [6, 6.07) is -1.28. The number of amides is 2. The molecular formula is C18H38N2O4Si2. The van der Waals surface area contributed by atoms with E-state index < -0.39 is 28.7 Å². The Morgan fingerprint density at radius 2 is 1.00 bits per heavy atom. The summed E-state index contributed by atoms with van der Waals surface area (Å²) in [5, 5.41) is 5.71. The van der Waals surface area contributed by atoms with Gasteiger partial charge in [0.2, 0.25) is 11.8 Å². The van der Waals surface area contributed by atoms with Crippen LogP contribution in [0.4, 0.5) is 0 Å². The van der Waals surface area contributed by atoms with Crippen LogP contribution < -0.4 is 10.6 Å². The zero-order valence-electron chi connectivity index (χ0n) is 18.2. The van der Waals surface area contributed by atoms with E-state index in [1.165, 1.54) is 0 Å². The molecule has 0 aromatic rings. The minimum absolute atomic E-state index is 0.0572. The smallest absolute Gasteiger partial charge is 0.245 e. The number of hydrogen-bond acceptors (Lipinski definition) is 4. The van der Waals surface area contributed by atoms with Crippen molar-refractivity contribution in [3.63, 3.8) is 0 Å². The molecule has 1 aliphatic heterocycles. The number of carbonyl (C=O) groups is 2. The van der Waals surface area contributed by atoms with E-state index in [4.69, 9.17) is 8.85 Å². The second-order valence-electron chi connectivity index (χ2n) is 10.3. The van der Waals surface area contributed by atoms with Crippen LogP contribution in [0.2, 0.25) is 36.3 Å². The van der Waals surface area contributed by atoms with Crippen molar-refractivity contribution in [2.45, 2.75) is 89.9 Å². The number of rotatable bonds is 6. The first-order valence-corrected chi connectivity index (χ1v) is 15.2. The minimum atomic E-state index is -1.97. The lowest BCUT2D eigenvalue weighted by atomic mass is 10.1. The summed E-state index contributed by atoms with van der Waals surface area (Å²) in [5.41, 5.74) is 0. The van der Waals surface area contributed by atoms with E-state index in [9.17, 15) is 9.59 Å². The first-order valence-electron chi connectivity index (χ1n) is 9.37. The molecule has 2 unspecified atom stereocenters. The largest absolute Gasteiger partial charge is 0.414 e. The molecule has 1 fully saturated rings. The van der Waals surface area contributed by atoms with Crippen LogP contribution in [-0.2, 0) is 18.4 Å². The zero-order valence-corrected chi connectivity index (χ0v) is 20.2. The summed E-state index contributed by atoms with van der Waals surface area (Å²) in [6.07, 6.45) is 0. The molecule has 1 rings (SSSR count). The SMILES string of the molecule is CC(C)(C)[Si](C)(C)OCC1NC(=O)C(CO[Si](C)(C)C(C)(C)C)NC1=O. The monoisotopic (exact) mass is 402 g/mol. The van der Waals surface area contributed by atoms with Crippen molar-refractivity contribution < 1.29 is 18.4 Å². The molecule has 26 heavy (non-hydrogen) atoms. The predicted octanol–water partition coefficient (Wildman–Crippen LogP) is 3.01. The average molecular weight is 403 g/mol. The molecule has 1 aliphatic rings. The summed E-state index contributed by atoms with van der Waals surface area (Å²) in [4.78, 5) is 24.8. The summed E-state index contributed by atoms with van der Waals surface area (Å²) in [7, 11) is -3.94. The van der Waals surface area contributed by atoms with E-state index in [1.54, 1.807) is 0 Å². The first kappa shape index (κ1) is 23.3. The van der Waals surface area contributed by atoms with Crippen molar-refractivity contribution in [3.05, 3.63) is 0 Å². The molecule has 152 valence electrons. The van der Waals surface area contributed by atoms with Crippen molar-refractivity contribution in [1.29, 1.82) is 0 Å². The Kier molecular flexibility index (Phi) is 6.94. The normalized spacial score (nSPS) is 22.8. The van der Waals surface area contributed by atoms with E-state index in [1.807, 2.05) is 0 Å². The van der Waals surface area contributed by atoms with Gasteiger partial charge in [-0.2, -0.15) is 0 Å². The Morgan fingerprint density at radius 1 is 0.731 bits per heavy atom. The Balaban J connectivity index is 2.63. The molecule has 0 aromatic heterocycles. The molecule has 1 heterocycles. The fourth-order valence-corrected chi connectivity index (χ4v) is 3.96. The van der Waals surface area contributed by atoms with Crippen molar-refractivity contribution in [3.8, 4) is 0 Å². The molecule has 6 nitrogen and oxygen atoms in total. The Labute approximate surface area is 161 Å². The van der Waals surface area contributed by atoms with E-state index >= 15 is 0 Å². The highest BCUT2D eigenvalue weighted by Crippen LogP contribution is 2.37. The van der Waals surface area contributed by atoms with Crippen LogP contribution >= 0.6 is 0 Å². The molecule has 2 amide bonds. The second kappa shape index (κ2) is 7.73. The van der Waals surface area contributed by atoms with Crippen LogP contribution in [0.15, 0.2) is 0 Å². The zero-order chi connectivity index (χ0) is 20.6. The van der Waals surface area contributed by atoms with Gasteiger partial charge >= 0.3 is 0 Å². The Morgan fingerprint density at radius 3 is 1.23 bits per heavy atom. The van der Waals surface area contributed by atoms with Gasteiger partial charge in [-0.1, -0.05) is 41.5 Å². The molecule has 1 saturated heterocycles. The van der Waals surface area contributed by atoms with Gasteiger partial charge in [0, 0.05) is 0 Å². The highest BCUT2D eigenvalue weighted by Gasteiger charge is 2.42. The number of carbonyl (C=O) groups excluding carboxylic acids is 2. The highest BCUT2D eigenvalue weighted by molar-refractivity contribution is 6.74. The fraction of sp³-hybridized carbons (Fsp3) is 0.889. The molecule has 2 atom stereocenters. The number of piperazine rings is 1. The van der Waals surface area contributed by atoms with E-state index in [-0.39, 0.29) is 35.1 Å². The first-order chi connectivity index (χ1) is 11.5. The van der Waals surface area contributed by atoms with Crippen molar-refractivity contribution >= 4 is 28.4 Å². The summed E-state index contributed by atoms with van der Waals surface area (Å²) in [6.45, 7) is 21.8. The predicted molar refractivity (Wildman–Crippen MR) is 110 cm³/mol. The molecule has 2 N–H and O–H groups in total. The van der Waals surface area contributed by atoms with Gasteiger partial charge in [0.25, 0.3) is 0 Å². The lowest BCUT2D eigenvalue weighted by Gasteiger charge is -2.39. The number of hydrogen-bond donors (Lipinski definition) is 2. The fourth-order valence-electron chi connectivity index (χ4n) is 1.93. The quantitative estimate of drug-likeness (QED) is 0.670. The van der Waals surface area contributed by atoms with Crippen molar-refractivity contribution in [1.82, 2.24) is 10.6 Å². The molecule has 0 bridgehead atoms. The van der Waals surface area contributed by atoms with Gasteiger partial charge in [-0.3, -0.25) is 9.59 Å².